The van der Waals surface area contributed by atoms with Gasteiger partial charge in [0.15, 0.2) is 0 Å². The third kappa shape index (κ3) is 10.4. The third-order valence-corrected chi connectivity index (χ3v) is 2.30. The molecule has 0 fully saturated rings. The lowest BCUT2D eigenvalue weighted by atomic mass is 10.2. The Bertz CT molecular complexity index is 149. The molecule has 0 aromatic carbocycles. The molecule has 3 heteroatoms. The third-order valence-electron chi connectivity index (χ3n) is 2.30. The summed E-state index contributed by atoms with van der Waals surface area (Å²) in [4.78, 5) is 2.46. The smallest absolute Gasteiger partial charge is 0.0593 e. The van der Waals surface area contributed by atoms with Crippen LogP contribution in [0.2, 0.25) is 0 Å². The lowest BCUT2D eigenvalue weighted by Gasteiger charge is -2.24. The maximum Gasteiger partial charge on any atom is 0.0593 e. The highest BCUT2D eigenvalue weighted by Gasteiger charge is 2.06. The van der Waals surface area contributed by atoms with Crippen LogP contribution in [0.15, 0.2) is 0 Å². The standard InChI is InChI=1S/C13H30N2O/c1-12(2)10-15(7-5-6-14)8-9-16-11-13(3)4/h12-13H,5-11,14H2,1-4H3. The Labute approximate surface area is 101 Å². The van der Waals surface area contributed by atoms with Gasteiger partial charge in [0.05, 0.1) is 6.61 Å². The zero-order chi connectivity index (χ0) is 12.4. The molecule has 0 aliphatic rings. The molecule has 0 unspecified atom stereocenters. The van der Waals surface area contributed by atoms with Crippen molar-refractivity contribution in [1.29, 1.82) is 0 Å². The number of nitrogens with zero attached hydrogens (tertiary/aromatic N) is 1. The minimum Gasteiger partial charge on any atom is -0.380 e. The summed E-state index contributed by atoms with van der Waals surface area (Å²) in [5.74, 6) is 1.34. The number of hydrogen-bond acceptors (Lipinski definition) is 3. The average molecular weight is 230 g/mol. The molecule has 0 atom stereocenters. The fourth-order valence-electron chi connectivity index (χ4n) is 1.64. The fraction of sp³-hybridized carbons (Fsp3) is 1.00. The Kier molecular flexibility index (Phi) is 9.99. The molecule has 0 saturated heterocycles. The van der Waals surface area contributed by atoms with E-state index in [1.54, 1.807) is 0 Å². The molecular weight excluding hydrogens is 200 g/mol. The SMILES string of the molecule is CC(C)COCCN(CCCN)CC(C)C. The summed E-state index contributed by atoms with van der Waals surface area (Å²) < 4.78 is 5.61. The molecule has 0 heterocycles. The summed E-state index contributed by atoms with van der Waals surface area (Å²) in [6.07, 6.45) is 1.08. The number of rotatable bonds is 10. The molecule has 3 nitrogen and oxygen atoms in total. The first-order valence-electron chi connectivity index (χ1n) is 6.56. The van der Waals surface area contributed by atoms with Gasteiger partial charge in [0.2, 0.25) is 0 Å². The van der Waals surface area contributed by atoms with Gasteiger partial charge in [-0.25, -0.2) is 0 Å². The van der Waals surface area contributed by atoms with Crippen molar-refractivity contribution in [3.8, 4) is 0 Å². The summed E-state index contributed by atoms with van der Waals surface area (Å²) in [7, 11) is 0. The van der Waals surface area contributed by atoms with E-state index in [0.29, 0.717) is 11.8 Å². The van der Waals surface area contributed by atoms with Crippen molar-refractivity contribution >= 4 is 0 Å². The van der Waals surface area contributed by atoms with Crippen LogP contribution in [0.5, 0.6) is 0 Å². The summed E-state index contributed by atoms with van der Waals surface area (Å²) >= 11 is 0. The van der Waals surface area contributed by atoms with E-state index in [1.807, 2.05) is 0 Å². The second-order valence-corrected chi connectivity index (χ2v) is 5.31. The lowest BCUT2D eigenvalue weighted by molar-refractivity contribution is 0.0819. The molecule has 0 bridgehead atoms. The van der Waals surface area contributed by atoms with Gasteiger partial charge in [-0.1, -0.05) is 27.7 Å². The van der Waals surface area contributed by atoms with Crippen molar-refractivity contribution in [1.82, 2.24) is 4.90 Å². The van der Waals surface area contributed by atoms with E-state index < -0.39 is 0 Å². The van der Waals surface area contributed by atoms with Gasteiger partial charge in [-0.15, -0.1) is 0 Å². The largest absolute Gasteiger partial charge is 0.380 e. The van der Waals surface area contributed by atoms with E-state index in [4.69, 9.17) is 10.5 Å². The van der Waals surface area contributed by atoms with Gasteiger partial charge in [-0.3, -0.25) is 0 Å². The van der Waals surface area contributed by atoms with Gasteiger partial charge in [-0.2, -0.15) is 0 Å². The molecule has 0 aliphatic heterocycles. The van der Waals surface area contributed by atoms with E-state index in [1.165, 1.54) is 0 Å². The molecule has 0 radical (unpaired) electrons. The Morgan fingerprint density at radius 3 is 2.25 bits per heavy atom. The summed E-state index contributed by atoms with van der Waals surface area (Å²) in [5.41, 5.74) is 5.54. The molecule has 0 aliphatic carbocycles. The highest BCUT2D eigenvalue weighted by Crippen LogP contribution is 2.00. The van der Waals surface area contributed by atoms with Crippen molar-refractivity contribution in [3.05, 3.63) is 0 Å². The molecule has 0 rings (SSSR count). The highest BCUT2D eigenvalue weighted by atomic mass is 16.5. The number of nitrogens with two attached hydrogens (primary N) is 1. The molecule has 0 aromatic rings. The maximum atomic E-state index is 5.61. The van der Waals surface area contributed by atoms with Gasteiger partial charge in [0.1, 0.15) is 0 Å². The Balaban J connectivity index is 3.64. The summed E-state index contributed by atoms with van der Waals surface area (Å²) in [5, 5.41) is 0. The van der Waals surface area contributed by atoms with Crippen LogP contribution >= 0.6 is 0 Å². The summed E-state index contributed by atoms with van der Waals surface area (Å²) in [6, 6.07) is 0. The monoisotopic (exact) mass is 230 g/mol. The first-order chi connectivity index (χ1) is 7.56. The molecule has 0 amide bonds. The maximum absolute atomic E-state index is 5.61. The Morgan fingerprint density at radius 1 is 1.06 bits per heavy atom. The van der Waals surface area contributed by atoms with Crippen molar-refractivity contribution < 1.29 is 4.74 Å². The molecular formula is C13H30N2O. The van der Waals surface area contributed by atoms with Crippen LogP contribution in [0.3, 0.4) is 0 Å². The normalized spacial score (nSPS) is 12.0. The summed E-state index contributed by atoms with van der Waals surface area (Å²) in [6.45, 7) is 14.6. The molecule has 16 heavy (non-hydrogen) atoms. The molecule has 0 aromatic heterocycles. The molecule has 2 N–H and O–H groups in total. The lowest BCUT2D eigenvalue weighted by Crippen LogP contribution is -2.33. The fourth-order valence-corrected chi connectivity index (χ4v) is 1.64. The highest BCUT2D eigenvalue weighted by molar-refractivity contribution is 4.60. The first kappa shape index (κ1) is 15.9. The predicted molar refractivity (Wildman–Crippen MR) is 70.6 cm³/mol. The van der Waals surface area contributed by atoms with Gasteiger partial charge in [0, 0.05) is 19.7 Å². The molecule has 0 spiro atoms. The zero-order valence-corrected chi connectivity index (χ0v) is 11.5. The van der Waals surface area contributed by atoms with Gasteiger partial charge < -0.3 is 15.4 Å². The second-order valence-electron chi connectivity index (χ2n) is 5.31. The predicted octanol–water partition coefficient (Wildman–Crippen LogP) is 1.97. The average Bonchev–Trinajstić information content (AvgIpc) is 2.19. The number of hydrogen-bond donors (Lipinski definition) is 1. The van der Waals surface area contributed by atoms with E-state index in [0.717, 1.165) is 45.8 Å². The Morgan fingerprint density at radius 2 is 1.75 bits per heavy atom. The second kappa shape index (κ2) is 10.1. The van der Waals surface area contributed by atoms with Crippen LogP contribution in [0.4, 0.5) is 0 Å². The van der Waals surface area contributed by atoms with Crippen LogP contribution in [-0.2, 0) is 4.74 Å². The Hall–Kier alpha value is -0.120. The van der Waals surface area contributed by atoms with Crippen molar-refractivity contribution in [2.24, 2.45) is 17.6 Å². The number of ether oxygens (including phenoxy) is 1. The van der Waals surface area contributed by atoms with E-state index in [9.17, 15) is 0 Å². The zero-order valence-electron chi connectivity index (χ0n) is 11.5. The minimum atomic E-state index is 0.627. The van der Waals surface area contributed by atoms with Gasteiger partial charge >= 0.3 is 0 Å². The van der Waals surface area contributed by atoms with Crippen molar-refractivity contribution in [2.45, 2.75) is 34.1 Å². The van der Waals surface area contributed by atoms with Gasteiger partial charge in [0.25, 0.3) is 0 Å². The van der Waals surface area contributed by atoms with Crippen LogP contribution in [-0.4, -0.2) is 44.3 Å². The molecule has 98 valence electrons. The molecule has 0 saturated carbocycles. The van der Waals surface area contributed by atoms with Crippen molar-refractivity contribution in [2.75, 3.05) is 39.4 Å². The van der Waals surface area contributed by atoms with E-state index in [2.05, 4.69) is 32.6 Å². The van der Waals surface area contributed by atoms with Crippen LogP contribution < -0.4 is 5.73 Å². The topological polar surface area (TPSA) is 38.5 Å². The minimum absolute atomic E-state index is 0.627. The first-order valence-corrected chi connectivity index (χ1v) is 6.56. The van der Waals surface area contributed by atoms with Crippen molar-refractivity contribution in [3.63, 3.8) is 0 Å². The van der Waals surface area contributed by atoms with E-state index in [-0.39, 0.29) is 0 Å². The van der Waals surface area contributed by atoms with E-state index >= 15 is 0 Å². The van der Waals surface area contributed by atoms with Gasteiger partial charge in [-0.05, 0) is 31.3 Å². The van der Waals surface area contributed by atoms with Crippen LogP contribution in [0.1, 0.15) is 34.1 Å². The quantitative estimate of drug-likeness (QED) is 0.583. The van der Waals surface area contributed by atoms with Crippen LogP contribution in [0, 0.1) is 11.8 Å². The van der Waals surface area contributed by atoms with Crippen LogP contribution in [0.25, 0.3) is 0 Å².